The molecule has 6 heterocycles. The molecule has 0 spiro atoms. The summed E-state index contributed by atoms with van der Waals surface area (Å²) in [6.45, 7) is 4.55. The first kappa shape index (κ1) is 28.4. The highest BCUT2D eigenvalue weighted by Gasteiger charge is 2.27. The average molecular weight is 587 g/mol. The number of fused-ring (bicyclic) bond motifs is 1. The summed E-state index contributed by atoms with van der Waals surface area (Å²) in [7, 11) is 2.11. The summed E-state index contributed by atoms with van der Waals surface area (Å²) >= 11 is 0. The highest BCUT2D eigenvalue weighted by molar-refractivity contribution is 5.78. The van der Waals surface area contributed by atoms with Gasteiger partial charge in [0, 0.05) is 56.7 Å². The Kier molecular flexibility index (Phi) is 8.11. The fraction of sp³-hybridized carbons (Fsp3) is 0.400. The molecule has 0 bridgehead atoms. The molecule has 1 atom stereocenters. The van der Waals surface area contributed by atoms with Crippen molar-refractivity contribution in [2.75, 3.05) is 56.5 Å². The van der Waals surface area contributed by atoms with Crippen LogP contribution >= 0.6 is 0 Å². The molecule has 2 aliphatic heterocycles. The zero-order chi connectivity index (χ0) is 29.9. The summed E-state index contributed by atoms with van der Waals surface area (Å²) in [5.74, 6) is -0.441. The van der Waals surface area contributed by atoms with Gasteiger partial charge in [0.25, 0.3) is 0 Å². The van der Waals surface area contributed by atoms with Gasteiger partial charge in [0.2, 0.25) is 5.91 Å². The van der Waals surface area contributed by atoms with E-state index in [1.165, 1.54) is 22.9 Å². The number of likely N-dealkylation sites (tertiary alicyclic amines) is 1. The normalized spacial score (nSPS) is 18.0. The second kappa shape index (κ2) is 12.3. The van der Waals surface area contributed by atoms with E-state index < -0.39 is 11.6 Å². The molecule has 1 N–H and O–H groups in total. The Morgan fingerprint density at radius 1 is 1.05 bits per heavy atom. The van der Waals surface area contributed by atoms with E-state index in [0.717, 1.165) is 38.4 Å². The number of rotatable bonds is 6. The number of anilines is 2. The largest absolute Gasteiger partial charge is 0.363 e. The fourth-order valence-electron chi connectivity index (χ4n) is 5.65. The molecule has 0 aromatic carbocycles. The number of hydrogen-bond acceptors (Lipinski definition) is 9. The number of amides is 1. The molecule has 4 aromatic rings. The Morgan fingerprint density at radius 3 is 2.74 bits per heavy atom. The number of nitriles is 1. The molecular weight excluding hydrogens is 554 g/mol. The van der Waals surface area contributed by atoms with E-state index in [1.54, 1.807) is 23.2 Å². The number of imidazole rings is 1. The molecule has 11 nitrogen and oxygen atoms in total. The average Bonchev–Trinajstić information content (AvgIpc) is 3.30. The van der Waals surface area contributed by atoms with Crippen LogP contribution in [0.3, 0.4) is 0 Å². The van der Waals surface area contributed by atoms with E-state index in [2.05, 4.69) is 42.1 Å². The van der Waals surface area contributed by atoms with Crippen molar-refractivity contribution < 1.29 is 13.6 Å². The molecule has 0 aliphatic carbocycles. The summed E-state index contributed by atoms with van der Waals surface area (Å²) in [4.78, 5) is 36.6. The van der Waals surface area contributed by atoms with Gasteiger partial charge < -0.3 is 20.0 Å². The molecule has 1 unspecified atom stereocenters. The molecule has 4 aromatic heterocycles. The van der Waals surface area contributed by atoms with E-state index >= 15 is 4.39 Å². The number of likely N-dealkylation sites (N-methyl/N-ethyl adjacent to an activating group) is 1. The van der Waals surface area contributed by atoms with E-state index in [4.69, 9.17) is 5.26 Å². The van der Waals surface area contributed by atoms with E-state index in [0.29, 0.717) is 42.8 Å². The number of nitrogens with zero attached hydrogens (tertiary/aromatic N) is 9. The molecule has 2 aliphatic rings. The lowest BCUT2D eigenvalue weighted by atomic mass is 10.0. The van der Waals surface area contributed by atoms with Gasteiger partial charge in [0.1, 0.15) is 35.1 Å². The van der Waals surface area contributed by atoms with Gasteiger partial charge in [-0.3, -0.25) is 9.20 Å². The van der Waals surface area contributed by atoms with Gasteiger partial charge >= 0.3 is 0 Å². The number of carbonyl (C=O) groups excluding carboxylic acids is 1. The van der Waals surface area contributed by atoms with Crippen LogP contribution in [0.4, 0.5) is 20.4 Å². The Morgan fingerprint density at radius 2 is 1.93 bits per heavy atom. The van der Waals surface area contributed by atoms with Gasteiger partial charge in [-0.05, 0) is 57.1 Å². The third-order valence-corrected chi connectivity index (χ3v) is 7.96. The number of aromatic nitrogens is 5. The van der Waals surface area contributed by atoms with Crippen LogP contribution in [0.5, 0.6) is 0 Å². The topological polar surface area (TPSA) is 119 Å². The second-order valence-electron chi connectivity index (χ2n) is 11.0. The van der Waals surface area contributed by atoms with Crippen molar-refractivity contribution in [3.63, 3.8) is 0 Å². The maximum Gasteiger partial charge on any atom is 0.236 e. The molecule has 6 rings (SSSR count). The van der Waals surface area contributed by atoms with Crippen molar-refractivity contribution in [3.8, 4) is 28.8 Å². The predicted molar refractivity (Wildman–Crippen MR) is 157 cm³/mol. The quantitative estimate of drug-likeness (QED) is 0.362. The molecule has 1 amide bonds. The van der Waals surface area contributed by atoms with Crippen molar-refractivity contribution >= 4 is 23.2 Å². The second-order valence-corrected chi connectivity index (χ2v) is 11.0. The van der Waals surface area contributed by atoms with Crippen molar-refractivity contribution in [3.05, 3.63) is 54.5 Å². The van der Waals surface area contributed by atoms with E-state index in [9.17, 15) is 9.18 Å². The number of carbonyl (C=O) groups is 1. The molecule has 2 fully saturated rings. The number of nitrogens with one attached hydrogen (secondary N) is 1. The van der Waals surface area contributed by atoms with Crippen molar-refractivity contribution in [1.82, 2.24) is 34.1 Å². The van der Waals surface area contributed by atoms with Crippen LogP contribution < -0.4 is 10.2 Å². The maximum absolute atomic E-state index is 16.2. The summed E-state index contributed by atoms with van der Waals surface area (Å²) in [5, 5.41) is 12.1. The zero-order valence-corrected chi connectivity index (χ0v) is 23.9. The number of halogens is 2. The number of piperidine rings is 1. The smallest absolute Gasteiger partial charge is 0.236 e. The highest BCUT2D eigenvalue weighted by atomic mass is 19.1. The molecule has 2 saturated heterocycles. The van der Waals surface area contributed by atoms with Crippen LogP contribution in [0.15, 0.2) is 42.9 Å². The summed E-state index contributed by atoms with van der Waals surface area (Å²) in [5.41, 5.74) is 1.40. The third kappa shape index (κ3) is 6.10. The Labute approximate surface area is 247 Å². The molecular formula is C30H32F2N10O. The van der Waals surface area contributed by atoms with Gasteiger partial charge in [0.15, 0.2) is 17.5 Å². The first-order valence-corrected chi connectivity index (χ1v) is 14.4. The molecule has 43 heavy (non-hydrogen) atoms. The Hall–Kier alpha value is -4.70. The van der Waals surface area contributed by atoms with E-state index in [1.807, 2.05) is 12.1 Å². The summed E-state index contributed by atoms with van der Waals surface area (Å²) < 4.78 is 31.9. The van der Waals surface area contributed by atoms with Gasteiger partial charge in [-0.15, -0.1) is 0 Å². The number of hydrogen-bond donors (Lipinski definition) is 1. The van der Waals surface area contributed by atoms with Gasteiger partial charge in [0.05, 0.1) is 12.3 Å². The van der Waals surface area contributed by atoms with Crippen molar-refractivity contribution in [2.45, 2.75) is 31.7 Å². The maximum atomic E-state index is 16.2. The monoisotopic (exact) mass is 586 g/mol. The SMILES string of the molecule is CN1CCCN(c2ccc(-c3nc(-c4cnc5ccc(F)cn45)nc(NC4CCCN(C(=O)CC#N)C4)c3F)cn2)CC1. The minimum atomic E-state index is -0.657. The van der Waals surface area contributed by atoms with Crippen molar-refractivity contribution in [2.24, 2.45) is 0 Å². The molecule has 13 heteroatoms. The first-order valence-electron chi connectivity index (χ1n) is 14.4. The fourth-order valence-corrected chi connectivity index (χ4v) is 5.65. The van der Waals surface area contributed by atoms with Crippen LogP contribution in [0.1, 0.15) is 25.7 Å². The molecule has 222 valence electrons. The molecule has 0 saturated carbocycles. The van der Waals surface area contributed by atoms with Gasteiger partial charge in [-0.2, -0.15) is 5.26 Å². The Bertz CT molecular complexity index is 1670. The van der Waals surface area contributed by atoms with Gasteiger partial charge in [-0.25, -0.2) is 28.7 Å². The summed E-state index contributed by atoms with van der Waals surface area (Å²) in [6.07, 6.45) is 6.63. The predicted octanol–water partition coefficient (Wildman–Crippen LogP) is 3.59. The van der Waals surface area contributed by atoms with Crippen LogP contribution in [-0.4, -0.2) is 92.4 Å². The minimum Gasteiger partial charge on any atom is -0.363 e. The first-order chi connectivity index (χ1) is 20.9. The van der Waals surface area contributed by atoms with Crippen LogP contribution in [0.2, 0.25) is 0 Å². The third-order valence-electron chi connectivity index (χ3n) is 7.96. The van der Waals surface area contributed by atoms with Crippen LogP contribution in [0, 0.1) is 23.0 Å². The Balaban J connectivity index is 1.36. The standard InChI is InChI=1S/C30H32F2N10O/c1-39-11-3-13-40(15-14-39)24-7-5-20(16-34-24)28-27(32)30(36-22-4-2-12-41(19-22)26(43)9-10-33)38-29(37-28)23-17-35-25-8-6-21(31)18-42(23)25/h5-8,16-18,22H,2-4,9,11-15,19H2,1H3,(H,36,37,38). The number of pyridine rings is 2. The lowest BCUT2D eigenvalue weighted by molar-refractivity contribution is -0.131. The molecule has 0 radical (unpaired) electrons. The lowest BCUT2D eigenvalue weighted by Gasteiger charge is -2.33. The van der Waals surface area contributed by atoms with Crippen molar-refractivity contribution in [1.29, 1.82) is 5.26 Å². The zero-order valence-electron chi connectivity index (χ0n) is 23.9. The summed E-state index contributed by atoms with van der Waals surface area (Å²) in [6, 6.07) is 8.14. The lowest BCUT2D eigenvalue weighted by Crippen LogP contribution is -2.45. The van der Waals surface area contributed by atoms with Gasteiger partial charge in [-0.1, -0.05) is 0 Å². The van der Waals surface area contributed by atoms with Crippen LogP contribution in [-0.2, 0) is 4.79 Å². The minimum absolute atomic E-state index is 0.0365. The van der Waals surface area contributed by atoms with Crippen LogP contribution in [0.25, 0.3) is 28.4 Å². The highest BCUT2D eigenvalue weighted by Crippen LogP contribution is 2.31. The van der Waals surface area contributed by atoms with E-state index in [-0.39, 0.29) is 35.7 Å².